The molecule has 15 nitrogen and oxygen atoms in total. The standard InChI is InChI=1S/C40H50FN9O6/c1-3-48-25-26(8-9-34(48)51)27-20-32(42)36(45-23-27)38(54)44-13-19-56-18-12-43-24-35(52)49-14-16-50(17-15-49)39(55)30-21-40(2,11-10-31(30)41)22-33-28-6-4-5-7-29(28)37(53)47-46-33/h4-7,10,20-21,23,26,43H,3,8-9,11-19,22,24-25,42H2,1-2H3,(H,44,54)(H,47,53). The second kappa shape index (κ2) is 18.0. The molecule has 2 aromatic heterocycles. The fraction of sp³-hybridized carbons (Fsp3) is 0.475. The molecule has 2 aliphatic heterocycles. The number of nitrogens with zero attached hydrogens (tertiary/aromatic N) is 5. The molecular weight excluding hydrogens is 721 g/mol. The Bertz CT molecular complexity index is 2080. The molecule has 3 aliphatic rings. The number of benzene rings is 1. The third kappa shape index (κ3) is 9.48. The second-order valence-corrected chi connectivity index (χ2v) is 14.8. The number of likely N-dealkylation sites (N-methyl/N-ethyl adjacent to an activating group) is 1. The van der Waals surface area contributed by atoms with Gasteiger partial charge in [-0.3, -0.25) is 24.0 Å². The molecule has 4 heterocycles. The van der Waals surface area contributed by atoms with Crippen molar-refractivity contribution in [2.24, 2.45) is 5.41 Å². The first-order valence-electron chi connectivity index (χ1n) is 19.2. The summed E-state index contributed by atoms with van der Waals surface area (Å²) < 4.78 is 20.7. The molecule has 4 amide bonds. The molecule has 2 unspecified atom stereocenters. The third-order valence-corrected chi connectivity index (χ3v) is 10.7. The Labute approximate surface area is 324 Å². The molecule has 16 heteroatoms. The minimum absolute atomic E-state index is 0.00185. The van der Waals surface area contributed by atoms with Gasteiger partial charge in [0.2, 0.25) is 11.8 Å². The number of aromatic amines is 1. The first-order chi connectivity index (χ1) is 27.0. The summed E-state index contributed by atoms with van der Waals surface area (Å²) in [4.78, 5) is 72.7. The number of nitrogens with one attached hydrogen (secondary N) is 3. The number of piperidine rings is 1. The van der Waals surface area contributed by atoms with Crippen molar-refractivity contribution in [3.63, 3.8) is 0 Å². The van der Waals surface area contributed by atoms with Crippen LogP contribution < -0.4 is 21.9 Å². The molecule has 0 bridgehead atoms. The number of halogens is 1. The maximum absolute atomic E-state index is 15.1. The Kier molecular flexibility index (Phi) is 12.9. The number of hydrogen-bond donors (Lipinski definition) is 4. The van der Waals surface area contributed by atoms with Crippen molar-refractivity contribution in [1.82, 2.24) is 40.5 Å². The second-order valence-electron chi connectivity index (χ2n) is 14.8. The SMILES string of the molecule is CCN1CC(c2cnc(C(=O)NCCOCCNCC(=O)N3CCN(C(=O)C4=CC(C)(Cc5n[nH]c(=O)c6ccccc56)CC=C4F)CC3)c(N)c2)CCC1=O. The fourth-order valence-electron chi connectivity index (χ4n) is 7.49. The maximum Gasteiger partial charge on any atom is 0.272 e. The van der Waals surface area contributed by atoms with E-state index in [2.05, 4.69) is 25.8 Å². The van der Waals surface area contributed by atoms with Crippen LogP contribution in [0.4, 0.5) is 10.1 Å². The average Bonchev–Trinajstić information content (AvgIpc) is 3.21. The predicted octanol–water partition coefficient (Wildman–Crippen LogP) is 2.07. The first-order valence-corrected chi connectivity index (χ1v) is 19.2. The van der Waals surface area contributed by atoms with Crippen LogP contribution in [0.1, 0.15) is 60.8 Å². The van der Waals surface area contributed by atoms with Gasteiger partial charge in [-0.25, -0.2) is 14.5 Å². The summed E-state index contributed by atoms with van der Waals surface area (Å²) in [5.41, 5.74) is 7.29. The van der Waals surface area contributed by atoms with Gasteiger partial charge in [-0.1, -0.05) is 31.2 Å². The van der Waals surface area contributed by atoms with Gasteiger partial charge in [0.25, 0.3) is 17.4 Å². The van der Waals surface area contributed by atoms with Crippen molar-refractivity contribution in [3.05, 3.63) is 87.4 Å². The van der Waals surface area contributed by atoms with Crippen LogP contribution in [0, 0.1) is 5.41 Å². The van der Waals surface area contributed by atoms with E-state index < -0.39 is 23.1 Å². The van der Waals surface area contributed by atoms with Crippen molar-refractivity contribution < 1.29 is 28.3 Å². The topological polar surface area (TPSA) is 196 Å². The van der Waals surface area contributed by atoms with Crippen molar-refractivity contribution in [2.45, 2.75) is 45.4 Å². The zero-order valence-electron chi connectivity index (χ0n) is 31.9. The number of nitrogen functional groups attached to an aromatic ring is 1. The molecule has 2 fully saturated rings. The van der Waals surface area contributed by atoms with Crippen LogP contribution in [0.15, 0.2) is 64.9 Å². The number of nitrogens with two attached hydrogens (primary N) is 1. The molecule has 0 spiro atoms. The lowest BCUT2D eigenvalue weighted by atomic mass is 9.76. The number of rotatable bonds is 14. The van der Waals surface area contributed by atoms with Crippen LogP contribution in [0.25, 0.3) is 10.8 Å². The lowest BCUT2D eigenvalue weighted by molar-refractivity contribution is -0.137. The van der Waals surface area contributed by atoms with Crippen LogP contribution in [0.5, 0.6) is 0 Å². The number of pyridine rings is 1. The normalized spacial score (nSPS) is 20.2. The monoisotopic (exact) mass is 771 g/mol. The van der Waals surface area contributed by atoms with Gasteiger partial charge in [-0.15, -0.1) is 0 Å². The quantitative estimate of drug-likeness (QED) is 0.176. The number of anilines is 1. The summed E-state index contributed by atoms with van der Waals surface area (Å²) in [7, 11) is 0. The predicted molar refractivity (Wildman–Crippen MR) is 208 cm³/mol. The zero-order chi connectivity index (χ0) is 39.8. The van der Waals surface area contributed by atoms with Gasteiger partial charge < -0.3 is 35.8 Å². The van der Waals surface area contributed by atoms with Crippen molar-refractivity contribution in [1.29, 1.82) is 0 Å². The van der Waals surface area contributed by atoms with Gasteiger partial charge in [0.1, 0.15) is 5.83 Å². The van der Waals surface area contributed by atoms with E-state index in [9.17, 15) is 24.0 Å². The van der Waals surface area contributed by atoms with E-state index >= 15 is 4.39 Å². The molecule has 2 saturated heterocycles. The summed E-state index contributed by atoms with van der Waals surface area (Å²) in [6, 6.07) is 8.95. The molecule has 5 N–H and O–H groups in total. The molecule has 0 saturated carbocycles. The highest BCUT2D eigenvalue weighted by Gasteiger charge is 2.34. The molecule has 6 rings (SSSR count). The minimum atomic E-state index is -0.605. The van der Waals surface area contributed by atoms with Gasteiger partial charge >= 0.3 is 0 Å². The van der Waals surface area contributed by atoms with Gasteiger partial charge in [0, 0.05) is 82.7 Å². The number of allylic oxidation sites excluding steroid dienone is 2. The maximum atomic E-state index is 15.1. The number of aromatic nitrogens is 3. The highest BCUT2D eigenvalue weighted by atomic mass is 19.1. The Morgan fingerprint density at radius 2 is 1.80 bits per heavy atom. The Morgan fingerprint density at radius 1 is 1.07 bits per heavy atom. The van der Waals surface area contributed by atoms with Crippen molar-refractivity contribution in [2.75, 3.05) is 77.9 Å². The van der Waals surface area contributed by atoms with Crippen LogP contribution in [0.2, 0.25) is 0 Å². The highest BCUT2D eigenvalue weighted by Crippen LogP contribution is 2.38. The van der Waals surface area contributed by atoms with Gasteiger partial charge in [0.15, 0.2) is 5.69 Å². The van der Waals surface area contributed by atoms with E-state index in [0.717, 1.165) is 17.4 Å². The number of ether oxygens (including phenoxy) is 1. The number of fused-ring (bicyclic) bond motifs is 1. The third-order valence-electron chi connectivity index (χ3n) is 10.7. The van der Waals surface area contributed by atoms with E-state index in [4.69, 9.17) is 10.5 Å². The largest absolute Gasteiger partial charge is 0.397 e. The van der Waals surface area contributed by atoms with E-state index in [1.807, 2.05) is 30.9 Å². The van der Waals surface area contributed by atoms with Gasteiger partial charge in [-0.05, 0) is 49.0 Å². The molecular formula is C40H50FN9O6. The Balaban J connectivity index is 0.875. The fourth-order valence-corrected chi connectivity index (χ4v) is 7.49. The van der Waals surface area contributed by atoms with Gasteiger partial charge in [0.05, 0.1) is 42.1 Å². The van der Waals surface area contributed by atoms with E-state index in [1.165, 1.54) is 6.08 Å². The summed E-state index contributed by atoms with van der Waals surface area (Å²) in [5, 5.41) is 13.9. The minimum Gasteiger partial charge on any atom is -0.397 e. The summed E-state index contributed by atoms with van der Waals surface area (Å²) in [5.74, 6) is -1.22. The van der Waals surface area contributed by atoms with Crippen LogP contribution >= 0.6 is 0 Å². The molecule has 1 aromatic carbocycles. The highest BCUT2D eigenvalue weighted by molar-refractivity contribution is 5.98. The molecule has 3 aromatic rings. The molecule has 56 heavy (non-hydrogen) atoms. The van der Waals surface area contributed by atoms with Crippen LogP contribution in [-0.2, 0) is 25.5 Å². The van der Waals surface area contributed by atoms with Gasteiger partial charge in [-0.2, -0.15) is 5.10 Å². The summed E-state index contributed by atoms with van der Waals surface area (Å²) in [6.45, 7) is 7.70. The Hall–Kier alpha value is -5.48. The number of carbonyl (C=O) groups is 4. The molecule has 2 atom stereocenters. The number of H-pyrrole nitrogens is 1. The number of hydrogen-bond acceptors (Lipinski definition) is 10. The molecule has 1 aliphatic carbocycles. The van der Waals surface area contributed by atoms with Crippen LogP contribution in [0.3, 0.4) is 0 Å². The zero-order valence-corrected chi connectivity index (χ0v) is 31.9. The molecule has 298 valence electrons. The number of carbonyl (C=O) groups excluding carboxylic acids is 4. The smallest absolute Gasteiger partial charge is 0.272 e. The lowest BCUT2D eigenvalue weighted by Gasteiger charge is -2.36. The van der Waals surface area contributed by atoms with Crippen molar-refractivity contribution in [3.8, 4) is 0 Å². The number of likely N-dealkylation sites (tertiary alicyclic amines) is 1. The summed E-state index contributed by atoms with van der Waals surface area (Å²) >= 11 is 0. The lowest BCUT2D eigenvalue weighted by Crippen LogP contribution is -2.52. The number of amides is 4. The summed E-state index contributed by atoms with van der Waals surface area (Å²) in [6.07, 6.45) is 6.75. The van der Waals surface area contributed by atoms with E-state index in [1.54, 1.807) is 40.3 Å². The molecule has 0 radical (unpaired) electrons. The Morgan fingerprint density at radius 3 is 2.55 bits per heavy atom. The van der Waals surface area contributed by atoms with Crippen LogP contribution in [-0.4, -0.2) is 126 Å². The van der Waals surface area contributed by atoms with E-state index in [0.29, 0.717) is 69.7 Å². The van der Waals surface area contributed by atoms with Crippen molar-refractivity contribution >= 4 is 40.1 Å². The first kappa shape index (κ1) is 40.2. The number of piperazine rings is 1. The van der Waals surface area contributed by atoms with E-state index in [-0.39, 0.29) is 73.0 Å². The average molecular weight is 772 g/mol.